The lowest BCUT2D eigenvalue weighted by Crippen LogP contribution is -1.91. The van der Waals surface area contributed by atoms with Gasteiger partial charge in [-0.1, -0.05) is 0 Å². The predicted molar refractivity (Wildman–Crippen MR) is 49.7 cm³/mol. The van der Waals surface area contributed by atoms with Gasteiger partial charge in [0, 0.05) is 11.3 Å². The number of nitrogens with zero attached hydrogens (tertiary/aromatic N) is 3. The Balaban J connectivity index is 2.43. The van der Waals surface area contributed by atoms with Gasteiger partial charge in [-0.25, -0.2) is 4.98 Å². The van der Waals surface area contributed by atoms with Crippen LogP contribution in [-0.2, 0) is 0 Å². The van der Waals surface area contributed by atoms with E-state index in [0.717, 1.165) is 11.3 Å². The van der Waals surface area contributed by atoms with Crippen molar-refractivity contribution < 1.29 is 4.79 Å². The van der Waals surface area contributed by atoms with Crippen LogP contribution in [0.25, 0.3) is 11.3 Å². The average molecular weight is 188 g/mol. The molecule has 0 radical (unpaired) electrons. The summed E-state index contributed by atoms with van der Waals surface area (Å²) < 4.78 is 0. The standard InChI is InChI=1S/C9H8N4O/c1-6-8(3-12-13-6)9-4-10-7(5-14)2-11-9/h2-5H,1H3,(H,12,13). The Hall–Kier alpha value is -2.04. The van der Waals surface area contributed by atoms with Crippen LogP contribution in [0.15, 0.2) is 18.6 Å². The summed E-state index contributed by atoms with van der Waals surface area (Å²) in [5.74, 6) is 0. The van der Waals surface area contributed by atoms with E-state index < -0.39 is 0 Å². The van der Waals surface area contributed by atoms with Crippen LogP contribution >= 0.6 is 0 Å². The molecule has 2 heterocycles. The molecular formula is C9H8N4O. The minimum atomic E-state index is 0.329. The van der Waals surface area contributed by atoms with E-state index in [2.05, 4.69) is 20.2 Å². The summed E-state index contributed by atoms with van der Waals surface area (Å²) >= 11 is 0. The zero-order valence-corrected chi connectivity index (χ0v) is 7.56. The molecule has 2 aromatic heterocycles. The molecule has 2 rings (SSSR count). The fraction of sp³-hybridized carbons (Fsp3) is 0.111. The Bertz CT molecular complexity index is 446. The van der Waals surface area contributed by atoms with E-state index in [1.807, 2.05) is 6.92 Å². The molecule has 0 aliphatic carbocycles. The molecule has 0 aliphatic heterocycles. The summed E-state index contributed by atoms with van der Waals surface area (Å²) in [7, 11) is 0. The van der Waals surface area contributed by atoms with Crippen molar-refractivity contribution in [2.75, 3.05) is 0 Å². The van der Waals surface area contributed by atoms with Crippen molar-refractivity contribution >= 4 is 6.29 Å². The van der Waals surface area contributed by atoms with Gasteiger partial charge in [-0.15, -0.1) is 0 Å². The summed E-state index contributed by atoms with van der Waals surface area (Å²) in [4.78, 5) is 18.4. The minimum Gasteiger partial charge on any atom is -0.296 e. The molecule has 0 bridgehead atoms. The van der Waals surface area contributed by atoms with Gasteiger partial charge in [0.2, 0.25) is 0 Å². The molecule has 5 heteroatoms. The van der Waals surface area contributed by atoms with E-state index in [9.17, 15) is 4.79 Å². The van der Waals surface area contributed by atoms with Crippen LogP contribution in [0, 0.1) is 6.92 Å². The lowest BCUT2D eigenvalue weighted by molar-refractivity contribution is 0.111. The van der Waals surface area contributed by atoms with Gasteiger partial charge in [-0.3, -0.25) is 14.9 Å². The van der Waals surface area contributed by atoms with Crippen LogP contribution in [0.1, 0.15) is 16.2 Å². The number of hydrogen-bond acceptors (Lipinski definition) is 4. The predicted octanol–water partition coefficient (Wildman–Crippen LogP) is 0.988. The third kappa shape index (κ3) is 1.39. The first-order valence-corrected chi connectivity index (χ1v) is 4.09. The van der Waals surface area contributed by atoms with Gasteiger partial charge in [-0.2, -0.15) is 5.10 Å². The SMILES string of the molecule is Cc1[nH]ncc1-c1cnc(C=O)cn1. The van der Waals surface area contributed by atoms with E-state index in [0.29, 0.717) is 17.7 Å². The van der Waals surface area contributed by atoms with Gasteiger partial charge in [0.15, 0.2) is 6.29 Å². The highest BCUT2D eigenvalue weighted by Crippen LogP contribution is 2.17. The number of carbonyl (C=O) groups excluding carboxylic acids is 1. The average Bonchev–Trinajstić information content (AvgIpc) is 2.65. The molecular weight excluding hydrogens is 180 g/mol. The Labute approximate surface area is 80.2 Å². The second-order valence-corrected chi connectivity index (χ2v) is 2.85. The van der Waals surface area contributed by atoms with Gasteiger partial charge in [0.25, 0.3) is 0 Å². The number of aldehydes is 1. The second-order valence-electron chi connectivity index (χ2n) is 2.85. The lowest BCUT2D eigenvalue weighted by atomic mass is 10.2. The summed E-state index contributed by atoms with van der Waals surface area (Å²) in [6.45, 7) is 1.90. The van der Waals surface area contributed by atoms with Crippen LogP contribution in [0.3, 0.4) is 0 Å². The van der Waals surface area contributed by atoms with Crippen molar-refractivity contribution in [1.82, 2.24) is 20.2 Å². The number of aromatic nitrogens is 4. The highest BCUT2D eigenvalue weighted by Gasteiger charge is 2.05. The zero-order chi connectivity index (χ0) is 9.97. The summed E-state index contributed by atoms with van der Waals surface area (Å²) in [6.07, 6.45) is 5.34. The van der Waals surface area contributed by atoms with Crippen molar-refractivity contribution in [2.45, 2.75) is 6.92 Å². The lowest BCUT2D eigenvalue weighted by Gasteiger charge is -1.96. The fourth-order valence-corrected chi connectivity index (χ4v) is 1.15. The quantitative estimate of drug-likeness (QED) is 0.713. The van der Waals surface area contributed by atoms with E-state index in [-0.39, 0.29) is 0 Å². The molecule has 0 amide bonds. The molecule has 0 saturated carbocycles. The maximum atomic E-state index is 10.4. The third-order valence-electron chi connectivity index (χ3n) is 1.90. The number of nitrogens with one attached hydrogen (secondary N) is 1. The monoisotopic (exact) mass is 188 g/mol. The van der Waals surface area contributed by atoms with Crippen LogP contribution < -0.4 is 0 Å². The Morgan fingerprint density at radius 1 is 1.29 bits per heavy atom. The second kappa shape index (κ2) is 3.37. The topological polar surface area (TPSA) is 71.5 Å². The first-order valence-electron chi connectivity index (χ1n) is 4.09. The molecule has 0 saturated heterocycles. The molecule has 0 aromatic carbocycles. The Kier molecular flexibility index (Phi) is 2.06. The Morgan fingerprint density at radius 3 is 2.64 bits per heavy atom. The highest BCUT2D eigenvalue weighted by atomic mass is 16.1. The van der Waals surface area contributed by atoms with E-state index in [1.165, 1.54) is 6.20 Å². The highest BCUT2D eigenvalue weighted by molar-refractivity contribution is 5.71. The normalized spacial score (nSPS) is 10.1. The fourth-order valence-electron chi connectivity index (χ4n) is 1.15. The molecule has 70 valence electrons. The number of H-pyrrole nitrogens is 1. The molecule has 0 spiro atoms. The van der Waals surface area contributed by atoms with Crippen molar-refractivity contribution in [1.29, 1.82) is 0 Å². The Morgan fingerprint density at radius 2 is 2.14 bits per heavy atom. The third-order valence-corrected chi connectivity index (χ3v) is 1.90. The van der Waals surface area contributed by atoms with Gasteiger partial charge < -0.3 is 0 Å². The molecule has 14 heavy (non-hydrogen) atoms. The van der Waals surface area contributed by atoms with Gasteiger partial charge >= 0.3 is 0 Å². The summed E-state index contributed by atoms with van der Waals surface area (Å²) in [6, 6.07) is 0. The van der Waals surface area contributed by atoms with Gasteiger partial charge in [-0.05, 0) is 6.92 Å². The molecule has 1 N–H and O–H groups in total. The molecule has 0 unspecified atom stereocenters. The minimum absolute atomic E-state index is 0.329. The van der Waals surface area contributed by atoms with E-state index in [1.54, 1.807) is 12.4 Å². The summed E-state index contributed by atoms with van der Waals surface area (Å²) in [5, 5.41) is 6.69. The first kappa shape index (κ1) is 8.55. The van der Waals surface area contributed by atoms with Crippen LogP contribution in [0.4, 0.5) is 0 Å². The van der Waals surface area contributed by atoms with E-state index >= 15 is 0 Å². The molecule has 5 nitrogen and oxygen atoms in total. The summed E-state index contributed by atoms with van der Waals surface area (Å²) in [5.41, 5.74) is 2.87. The van der Waals surface area contributed by atoms with Crippen LogP contribution in [-0.4, -0.2) is 26.5 Å². The maximum Gasteiger partial charge on any atom is 0.170 e. The molecule has 0 atom stereocenters. The number of aromatic amines is 1. The van der Waals surface area contributed by atoms with E-state index in [4.69, 9.17) is 0 Å². The smallest absolute Gasteiger partial charge is 0.170 e. The van der Waals surface area contributed by atoms with Crippen molar-refractivity contribution in [3.8, 4) is 11.3 Å². The number of hydrogen-bond donors (Lipinski definition) is 1. The van der Waals surface area contributed by atoms with Crippen molar-refractivity contribution in [3.05, 3.63) is 30.0 Å². The zero-order valence-electron chi connectivity index (χ0n) is 7.56. The number of aryl methyl sites for hydroxylation is 1. The maximum absolute atomic E-state index is 10.4. The number of rotatable bonds is 2. The number of carbonyl (C=O) groups is 1. The first-order chi connectivity index (χ1) is 6.81. The van der Waals surface area contributed by atoms with Crippen LogP contribution in [0.5, 0.6) is 0 Å². The van der Waals surface area contributed by atoms with Crippen LogP contribution in [0.2, 0.25) is 0 Å². The van der Waals surface area contributed by atoms with Gasteiger partial charge in [0.1, 0.15) is 5.69 Å². The van der Waals surface area contributed by atoms with Crippen molar-refractivity contribution in [2.24, 2.45) is 0 Å². The molecule has 2 aromatic rings. The molecule has 0 fully saturated rings. The van der Waals surface area contributed by atoms with Crippen molar-refractivity contribution in [3.63, 3.8) is 0 Å². The largest absolute Gasteiger partial charge is 0.296 e. The van der Waals surface area contributed by atoms with Gasteiger partial charge in [0.05, 0.1) is 24.3 Å². The molecule has 0 aliphatic rings.